The van der Waals surface area contributed by atoms with Gasteiger partial charge in [0.1, 0.15) is 0 Å². The monoisotopic (exact) mass is 420 g/mol. The third-order valence-corrected chi connectivity index (χ3v) is 3.21. The van der Waals surface area contributed by atoms with Crippen molar-refractivity contribution in [2.75, 3.05) is 14.2 Å². The first-order valence-electron chi connectivity index (χ1n) is 7.52. The van der Waals surface area contributed by atoms with Crippen molar-refractivity contribution < 1.29 is 4.74 Å². The predicted molar refractivity (Wildman–Crippen MR) is 103 cm³/mol. The number of pyridine rings is 1. The second kappa shape index (κ2) is 11.5. The number of rotatable bonds is 7. The Bertz CT molecular complexity index is 452. The van der Waals surface area contributed by atoms with Crippen LogP contribution < -0.4 is 15.4 Å². The van der Waals surface area contributed by atoms with E-state index in [2.05, 4.69) is 41.4 Å². The maximum absolute atomic E-state index is 5.12. The maximum Gasteiger partial charge on any atom is 0.213 e. The van der Waals surface area contributed by atoms with Crippen LogP contribution in [-0.2, 0) is 6.54 Å². The van der Waals surface area contributed by atoms with Crippen LogP contribution in [-0.4, -0.2) is 31.1 Å². The number of nitrogens with zero attached hydrogens (tertiary/aromatic N) is 2. The van der Waals surface area contributed by atoms with Gasteiger partial charge >= 0.3 is 0 Å². The first-order chi connectivity index (χ1) is 10.0. The third-order valence-electron chi connectivity index (χ3n) is 3.21. The van der Waals surface area contributed by atoms with E-state index in [1.165, 1.54) is 6.42 Å². The van der Waals surface area contributed by atoms with Gasteiger partial charge in [0.05, 0.1) is 19.3 Å². The van der Waals surface area contributed by atoms with Gasteiger partial charge in [0.2, 0.25) is 5.88 Å². The lowest BCUT2D eigenvalue weighted by Gasteiger charge is -2.18. The molecule has 6 heteroatoms. The summed E-state index contributed by atoms with van der Waals surface area (Å²) in [6.45, 7) is 7.29. The van der Waals surface area contributed by atoms with Gasteiger partial charge in [-0.25, -0.2) is 4.98 Å². The molecule has 1 rings (SSSR count). The Hall–Kier alpha value is -1.05. The zero-order valence-electron chi connectivity index (χ0n) is 14.2. The van der Waals surface area contributed by atoms with Crippen LogP contribution in [0.4, 0.5) is 0 Å². The Labute approximate surface area is 151 Å². The summed E-state index contributed by atoms with van der Waals surface area (Å²) < 4.78 is 5.12. The van der Waals surface area contributed by atoms with E-state index in [-0.39, 0.29) is 24.0 Å². The SMILES string of the molecule is CN=C(NCc1cccc(OC)n1)NC(C)CCC(C)C.I. The van der Waals surface area contributed by atoms with Gasteiger partial charge in [0.15, 0.2) is 5.96 Å². The van der Waals surface area contributed by atoms with Gasteiger partial charge in [-0.15, -0.1) is 24.0 Å². The van der Waals surface area contributed by atoms with Gasteiger partial charge < -0.3 is 15.4 Å². The van der Waals surface area contributed by atoms with E-state index >= 15 is 0 Å². The molecular formula is C16H29IN4O. The fourth-order valence-corrected chi connectivity index (χ4v) is 1.93. The Balaban J connectivity index is 0.00000441. The summed E-state index contributed by atoms with van der Waals surface area (Å²) in [6, 6.07) is 6.14. The van der Waals surface area contributed by atoms with Crippen molar-refractivity contribution in [2.24, 2.45) is 10.9 Å². The summed E-state index contributed by atoms with van der Waals surface area (Å²) in [5.41, 5.74) is 0.923. The summed E-state index contributed by atoms with van der Waals surface area (Å²) in [4.78, 5) is 8.62. The summed E-state index contributed by atoms with van der Waals surface area (Å²) in [7, 11) is 3.40. The lowest BCUT2D eigenvalue weighted by atomic mass is 10.0. The molecule has 1 atom stereocenters. The molecule has 0 spiro atoms. The van der Waals surface area contributed by atoms with Gasteiger partial charge in [-0.2, -0.15) is 0 Å². The van der Waals surface area contributed by atoms with Crippen molar-refractivity contribution in [1.29, 1.82) is 0 Å². The highest BCUT2D eigenvalue weighted by Gasteiger charge is 2.06. The lowest BCUT2D eigenvalue weighted by molar-refractivity contribution is 0.396. The molecule has 126 valence electrons. The van der Waals surface area contributed by atoms with E-state index < -0.39 is 0 Å². The van der Waals surface area contributed by atoms with Crippen molar-refractivity contribution in [3.8, 4) is 5.88 Å². The van der Waals surface area contributed by atoms with E-state index in [9.17, 15) is 0 Å². The Morgan fingerprint density at radius 1 is 1.27 bits per heavy atom. The molecule has 0 amide bonds. The number of hydrogen-bond acceptors (Lipinski definition) is 3. The number of hydrogen-bond donors (Lipinski definition) is 2. The zero-order chi connectivity index (χ0) is 15.7. The molecule has 1 unspecified atom stereocenters. The Morgan fingerprint density at radius 2 is 2.00 bits per heavy atom. The molecule has 0 aliphatic rings. The van der Waals surface area contributed by atoms with Gasteiger partial charge in [-0.3, -0.25) is 4.99 Å². The second-order valence-corrected chi connectivity index (χ2v) is 5.61. The average Bonchev–Trinajstić information content (AvgIpc) is 2.49. The maximum atomic E-state index is 5.12. The van der Waals surface area contributed by atoms with E-state index in [0.29, 0.717) is 18.5 Å². The predicted octanol–water partition coefficient (Wildman–Crippen LogP) is 3.20. The number of nitrogens with one attached hydrogen (secondary N) is 2. The number of ether oxygens (including phenoxy) is 1. The first kappa shape index (κ1) is 20.9. The van der Waals surface area contributed by atoms with Crippen molar-refractivity contribution >= 4 is 29.9 Å². The lowest BCUT2D eigenvalue weighted by Crippen LogP contribution is -2.42. The molecule has 5 nitrogen and oxygen atoms in total. The van der Waals surface area contributed by atoms with Crippen LogP contribution in [0.5, 0.6) is 5.88 Å². The largest absolute Gasteiger partial charge is 0.481 e. The van der Waals surface area contributed by atoms with E-state index in [1.54, 1.807) is 14.2 Å². The van der Waals surface area contributed by atoms with Crippen LogP contribution >= 0.6 is 24.0 Å². The van der Waals surface area contributed by atoms with Crippen LogP contribution in [0, 0.1) is 5.92 Å². The highest BCUT2D eigenvalue weighted by Crippen LogP contribution is 2.07. The summed E-state index contributed by atoms with van der Waals surface area (Å²) in [5.74, 6) is 2.16. The molecule has 1 heterocycles. The van der Waals surface area contributed by atoms with Gasteiger partial charge in [0.25, 0.3) is 0 Å². The van der Waals surface area contributed by atoms with E-state index in [0.717, 1.165) is 24.0 Å². The topological polar surface area (TPSA) is 58.5 Å². The molecule has 2 N–H and O–H groups in total. The molecule has 0 aliphatic heterocycles. The molecular weight excluding hydrogens is 391 g/mol. The minimum atomic E-state index is 0. The zero-order valence-corrected chi connectivity index (χ0v) is 16.5. The van der Waals surface area contributed by atoms with Crippen molar-refractivity contribution in [1.82, 2.24) is 15.6 Å². The molecule has 0 aromatic carbocycles. The van der Waals surface area contributed by atoms with Gasteiger partial charge in [0, 0.05) is 19.2 Å². The molecule has 0 fully saturated rings. The van der Waals surface area contributed by atoms with E-state index in [4.69, 9.17) is 4.74 Å². The van der Waals surface area contributed by atoms with Crippen molar-refractivity contribution in [3.63, 3.8) is 0 Å². The smallest absolute Gasteiger partial charge is 0.213 e. The Kier molecular flexibility index (Phi) is 11.0. The summed E-state index contributed by atoms with van der Waals surface area (Å²) in [6.07, 6.45) is 2.35. The van der Waals surface area contributed by atoms with Crippen LogP contribution in [0.1, 0.15) is 39.3 Å². The Morgan fingerprint density at radius 3 is 2.59 bits per heavy atom. The quantitative estimate of drug-likeness (QED) is 0.404. The highest BCUT2D eigenvalue weighted by atomic mass is 127. The fourth-order valence-electron chi connectivity index (χ4n) is 1.93. The van der Waals surface area contributed by atoms with Gasteiger partial charge in [-0.1, -0.05) is 19.9 Å². The van der Waals surface area contributed by atoms with Crippen LogP contribution in [0.3, 0.4) is 0 Å². The highest BCUT2D eigenvalue weighted by molar-refractivity contribution is 14.0. The molecule has 1 aromatic heterocycles. The number of methoxy groups -OCH3 is 1. The summed E-state index contributed by atoms with van der Waals surface area (Å²) >= 11 is 0. The number of guanidine groups is 1. The molecule has 22 heavy (non-hydrogen) atoms. The second-order valence-electron chi connectivity index (χ2n) is 5.61. The minimum absolute atomic E-state index is 0. The van der Waals surface area contributed by atoms with Gasteiger partial charge in [-0.05, 0) is 31.7 Å². The summed E-state index contributed by atoms with van der Waals surface area (Å²) in [5, 5.41) is 6.68. The normalized spacial score (nSPS) is 12.5. The average molecular weight is 420 g/mol. The molecule has 0 aliphatic carbocycles. The fraction of sp³-hybridized carbons (Fsp3) is 0.625. The molecule has 0 radical (unpaired) electrons. The van der Waals surface area contributed by atoms with Crippen molar-refractivity contribution in [2.45, 2.75) is 46.2 Å². The number of aliphatic imine (C=N–C) groups is 1. The molecule has 0 saturated carbocycles. The first-order valence-corrected chi connectivity index (χ1v) is 7.52. The minimum Gasteiger partial charge on any atom is -0.481 e. The van der Waals surface area contributed by atoms with Crippen molar-refractivity contribution in [3.05, 3.63) is 23.9 Å². The molecule has 0 bridgehead atoms. The van der Waals surface area contributed by atoms with Crippen LogP contribution in [0.15, 0.2) is 23.2 Å². The molecule has 0 saturated heterocycles. The molecule has 1 aromatic rings. The number of aromatic nitrogens is 1. The van der Waals surface area contributed by atoms with Crippen LogP contribution in [0.25, 0.3) is 0 Å². The number of halogens is 1. The van der Waals surface area contributed by atoms with Crippen LogP contribution in [0.2, 0.25) is 0 Å². The van der Waals surface area contributed by atoms with E-state index in [1.807, 2.05) is 18.2 Å². The standard InChI is InChI=1S/C16H28N4O.HI/c1-12(2)9-10-13(3)19-16(17-4)18-11-14-7-6-8-15(20-14)21-5;/h6-8,12-13H,9-11H2,1-5H3,(H2,17,18,19);1H. The third kappa shape index (κ3) is 8.41.